The van der Waals surface area contributed by atoms with Gasteiger partial charge in [0.05, 0.1) is 10.0 Å². The van der Waals surface area contributed by atoms with Crippen molar-refractivity contribution in [3.63, 3.8) is 0 Å². The van der Waals surface area contributed by atoms with E-state index >= 15 is 0 Å². The summed E-state index contributed by atoms with van der Waals surface area (Å²) in [4.78, 5) is 0. The van der Waals surface area contributed by atoms with Crippen LogP contribution >= 0.6 is 34.8 Å². The van der Waals surface area contributed by atoms with Crippen molar-refractivity contribution in [1.29, 1.82) is 0 Å². The molecule has 2 rings (SSSR count). The van der Waals surface area contributed by atoms with Crippen molar-refractivity contribution in [2.45, 2.75) is 26.4 Å². The maximum absolute atomic E-state index is 6.26. The molecule has 0 aliphatic rings. The van der Waals surface area contributed by atoms with Crippen LogP contribution in [0.25, 0.3) is 0 Å². The molecule has 0 aliphatic carbocycles. The molecule has 0 unspecified atom stereocenters. The largest absolute Gasteiger partial charge is 0.454 e. The summed E-state index contributed by atoms with van der Waals surface area (Å²) in [5.41, 5.74) is 1.10. The molecule has 0 fully saturated rings. The predicted molar refractivity (Wildman–Crippen MR) is 90.0 cm³/mol. The van der Waals surface area contributed by atoms with Crippen LogP contribution in [0.4, 0.5) is 0 Å². The lowest BCUT2D eigenvalue weighted by Gasteiger charge is -2.12. The first kappa shape index (κ1) is 16.4. The lowest BCUT2D eigenvalue weighted by atomic mass is 10.2. The number of hydrogen-bond acceptors (Lipinski definition) is 2. The second kappa shape index (κ2) is 7.37. The average molecular weight is 345 g/mol. The van der Waals surface area contributed by atoms with Crippen LogP contribution < -0.4 is 10.1 Å². The van der Waals surface area contributed by atoms with E-state index in [1.54, 1.807) is 18.2 Å². The first-order valence-corrected chi connectivity index (χ1v) is 7.74. The van der Waals surface area contributed by atoms with Gasteiger partial charge in [-0.1, -0.05) is 54.7 Å². The van der Waals surface area contributed by atoms with Crippen molar-refractivity contribution in [2.24, 2.45) is 0 Å². The number of nitrogens with one attached hydrogen (secondary N) is 1. The Morgan fingerprint density at radius 1 is 0.952 bits per heavy atom. The number of benzene rings is 2. The number of ether oxygens (including phenoxy) is 1. The molecule has 5 heteroatoms. The molecular weight excluding hydrogens is 329 g/mol. The highest BCUT2D eigenvalue weighted by Crippen LogP contribution is 2.35. The molecule has 2 nitrogen and oxygen atoms in total. The van der Waals surface area contributed by atoms with E-state index in [0.717, 1.165) is 12.1 Å². The minimum absolute atomic E-state index is 0.421. The van der Waals surface area contributed by atoms with Gasteiger partial charge in [0, 0.05) is 23.7 Å². The van der Waals surface area contributed by atoms with E-state index in [2.05, 4.69) is 19.2 Å². The lowest BCUT2D eigenvalue weighted by molar-refractivity contribution is 0.482. The maximum Gasteiger partial charge on any atom is 0.147 e. The molecule has 0 atom stereocenters. The summed E-state index contributed by atoms with van der Waals surface area (Å²) in [6.45, 7) is 4.95. The van der Waals surface area contributed by atoms with Gasteiger partial charge in [-0.15, -0.1) is 0 Å². The molecule has 2 aromatic carbocycles. The van der Waals surface area contributed by atoms with Gasteiger partial charge in [-0.3, -0.25) is 0 Å². The van der Waals surface area contributed by atoms with E-state index in [4.69, 9.17) is 39.5 Å². The zero-order valence-corrected chi connectivity index (χ0v) is 14.1. The van der Waals surface area contributed by atoms with E-state index in [1.165, 1.54) is 0 Å². The molecule has 0 amide bonds. The Morgan fingerprint density at radius 2 is 1.71 bits per heavy atom. The van der Waals surface area contributed by atoms with Crippen molar-refractivity contribution in [3.05, 3.63) is 57.0 Å². The first-order chi connectivity index (χ1) is 9.95. The highest BCUT2D eigenvalue weighted by Gasteiger charge is 2.08. The molecule has 2 aromatic rings. The normalized spacial score (nSPS) is 11.0. The fourth-order valence-electron chi connectivity index (χ4n) is 1.73. The second-order valence-corrected chi connectivity index (χ2v) is 6.23. The van der Waals surface area contributed by atoms with E-state index < -0.39 is 0 Å². The fraction of sp³-hybridized carbons (Fsp3) is 0.250. The Hall–Kier alpha value is -0.930. The summed E-state index contributed by atoms with van der Waals surface area (Å²) >= 11 is 18.3. The average Bonchev–Trinajstić information content (AvgIpc) is 2.43. The van der Waals surface area contributed by atoms with Gasteiger partial charge in [-0.2, -0.15) is 0 Å². The third-order valence-electron chi connectivity index (χ3n) is 2.82. The molecule has 0 spiro atoms. The van der Waals surface area contributed by atoms with Gasteiger partial charge in [0.25, 0.3) is 0 Å². The van der Waals surface area contributed by atoms with Crippen LogP contribution in [0, 0.1) is 0 Å². The molecule has 0 radical (unpaired) electrons. The molecule has 112 valence electrons. The summed E-state index contributed by atoms with van der Waals surface area (Å²) in [6, 6.07) is 11.2. The highest BCUT2D eigenvalue weighted by molar-refractivity contribution is 6.34. The Morgan fingerprint density at radius 3 is 2.38 bits per heavy atom. The molecule has 0 aliphatic heterocycles. The first-order valence-electron chi connectivity index (χ1n) is 6.60. The summed E-state index contributed by atoms with van der Waals surface area (Å²) in [5, 5.41) is 4.92. The smallest absolute Gasteiger partial charge is 0.147 e. The zero-order chi connectivity index (χ0) is 15.4. The monoisotopic (exact) mass is 343 g/mol. The number of rotatable bonds is 5. The summed E-state index contributed by atoms with van der Waals surface area (Å²) in [7, 11) is 0. The topological polar surface area (TPSA) is 21.3 Å². The Kier molecular flexibility index (Phi) is 5.77. The van der Waals surface area contributed by atoms with Gasteiger partial charge < -0.3 is 10.1 Å². The molecule has 0 bridgehead atoms. The van der Waals surface area contributed by atoms with Crippen molar-refractivity contribution in [3.8, 4) is 11.5 Å². The van der Waals surface area contributed by atoms with Crippen LogP contribution in [-0.4, -0.2) is 6.04 Å². The molecule has 1 N–H and O–H groups in total. The molecule has 0 saturated carbocycles. The Balaban J connectivity index is 2.15. The van der Waals surface area contributed by atoms with Crippen molar-refractivity contribution in [1.82, 2.24) is 5.32 Å². The molecular formula is C16H16Cl3NO. The quantitative estimate of drug-likeness (QED) is 0.725. The van der Waals surface area contributed by atoms with Gasteiger partial charge in [-0.25, -0.2) is 0 Å². The van der Waals surface area contributed by atoms with E-state index in [1.807, 2.05) is 18.2 Å². The molecule has 0 aromatic heterocycles. The zero-order valence-electron chi connectivity index (χ0n) is 11.8. The third kappa shape index (κ3) is 4.79. The molecule has 21 heavy (non-hydrogen) atoms. The number of hydrogen-bond donors (Lipinski definition) is 1. The number of halogens is 3. The fourth-order valence-corrected chi connectivity index (χ4v) is 2.29. The van der Waals surface area contributed by atoms with E-state index in [9.17, 15) is 0 Å². The van der Waals surface area contributed by atoms with Crippen LogP contribution in [0.1, 0.15) is 19.4 Å². The van der Waals surface area contributed by atoms with Crippen LogP contribution in [0.3, 0.4) is 0 Å². The van der Waals surface area contributed by atoms with Gasteiger partial charge in [0.15, 0.2) is 0 Å². The predicted octanol–water partition coefficient (Wildman–Crippen LogP) is 5.94. The lowest BCUT2D eigenvalue weighted by Crippen LogP contribution is -2.21. The Labute approximate surface area is 140 Å². The van der Waals surface area contributed by atoms with Gasteiger partial charge >= 0.3 is 0 Å². The highest BCUT2D eigenvalue weighted by atomic mass is 35.5. The second-order valence-electron chi connectivity index (χ2n) is 4.98. The van der Waals surface area contributed by atoms with E-state index in [-0.39, 0.29) is 0 Å². The molecule has 0 heterocycles. The minimum Gasteiger partial charge on any atom is -0.454 e. The van der Waals surface area contributed by atoms with Crippen molar-refractivity contribution < 1.29 is 4.74 Å². The van der Waals surface area contributed by atoms with Crippen LogP contribution in [0.2, 0.25) is 15.1 Å². The van der Waals surface area contributed by atoms with Gasteiger partial charge in [0.1, 0.15) is 11.5 Å². The van der Waals surface area contributed by atoms with Gasteiger partial charge in [0.2, 0.25) is 0 Å². The standard InChI is InChI=1S/C16H16Cl3NO/c1-10(2)20-9-11-3-6-15(14(19)7-11)21-16-8-12(17)4-5-13(16)18/h3-8,10,20H,9H2,1-2H3. The van der Waals surface area contributed by atoms with Crippen LogP contribution in [-0.2, 0) is 6.54 Å². The van der Waals surface area contributed by atoms with Crippen molar-refractivity contribution in [2.75, 3.05) is 0 Å². The van der Waals surface area contributed by atoms with Crippen molar-refractivity contribution >= 4 is 34.8 Å². The molecule has 0 saturated heterocycles. The van der Waals surface area contributed by atoms with E-state index in [0.29, 0.717) is 32.6 Å². The summed E-state index contributed by atoms with van der Waals surface area (Å²) in [6.07, 6.45) is 0. The van der Waals surface area contributed by atoms with Gasteiger partial charge in [-0.05, 0) is 29.8 Å². The minimum atomic E-state index is 0.421. The van der Waals surface area contributed by atoms with Crippen LogP contribution in [0.5, 0.6) is 11.5 Å². The SMILES string of the molecule is CC(C)NCc1ccc(Oc2cc(Cl)ccc2Cl)c(Cl)c1. The maximum atomic E-state index is 6.26. The summed E-state index contributed by atoms with van der Waals surface area (Å²) in [5.74, 6) is 1.04. The summed E-state index contributed by atoms with van der Waals surface area (Å²) < 4.78 is 5.73. The Bertz CT molecular complexity index is 629. The van der Waals surface area contributed by atoms with Crippen LogP contribution in [0.15, 0.2) is 36.4 Å². The third-order valence-corrected chi connectivity index (χ3v) is 3.67.